The second-order valence-electron chi connectivity index (χ2n) is 7.94. The molecule has 0 fully saturated rings. The van der Waals surface area contributed by atoms with Gasteiger partial charge in [-0.15, -0.1) is 11.3 Å². The minimum atomic E-state index is -0.189. The zero-order chi connectivity index (χ0) is 22.5. The van der Waals surface area contributed by atoms with Crippen molar-refractivity contribution in [2.24, 2.45) is 0 Å². The number of nitrogens with one attached hydrogen (secondary N) is 1. The molecule has 4 rings (SSSR count). The number of nitriles is 1. The van der Waals surface area contributed by atoms with Crippen LogP contribution < -0.4 is 10.9 Å². The number of amides is 1. The number of hydrogen-bond donors (Lipinski definition) is 1. The number of anilines is 1. The van der Waals surface area contributed by atoms with E-state index in [4.69, 9.17) is 0 Å². The predicted molar refractivity (Wildman–Crippen MR) is 131 cm³/mol. The summed E-state index contributed by atoms with van der Waals surface area (Å²) in [7, 11) is 0. The Hall–Kier alpha value is -2.63. The lowest BCUT2D eigenvalue weighted by Crippen LogP contribution is -2.24. The number of aromatic nitrogens is 2. The van der Waals surface area contributed by atoms with Crippen LogP contribution in [0.1, 0.15) is 55.0 Å². The molecule has 32 heavy (non-hydrogen) atoms. The van der Waals surface area contributed by atoms with E-state index in [-0.39, 0.29) is 17.2 Å². The summed E-state index contributed by atoms with van der Waals surface area (Å²) in [6.07, 6.45) is 7.18. The molecule has 0 saturated heterocycles. The summed E-state index contributed by atoms with van der Waals surface area (Å²) < 4.78 is 1.70. The van der Waals surface area contributed by atoms with Crippen LogP contribution in [0.4, 0.5) is 5.00 Å². The number of para-hydroxylation sites is 1. The van der Waals surface area contributed by atoms with Gasteiger partial charge in [0.1, 0.15) is 11.1 Å². The second kappa shape index (κ2) is 10.3. The van der Waals surface area contributed by atoms with Crippen LogP contribution in [-0.4, -0.2) is 21.2 Å². The lowest BCUT2D eigenvalue weighted by atomic mass is 10.1. The van der Waals surface area contributed by atoms with Crippen LogP contribution in [0.15, 0.2) is 34.2 Å². The van der Waals surface area contributed by atoms with Gasteiger partial charge in [0.05, 0.1) is 22.2 Å². The van der Waals surface area contributed by atoms with Gasteiger partial charge < -0.3 is 5.32 Å². The number of nitrogens with zero attached hydrogens (tertiary/aromatic N) is 3. The Bertz CT molecular complexity index is 1240. The first-order chi connectivity index (χ1) is 15.6. The molecule has 0 radical (unpaired) electrons. The van der Waals surface area contributed by atoms with Crippen LogP contribution in [0, 0.1) is 11.3 Å². The average molecular weight is 467 g/mol. The molecule has 1 aromatic carbocycles. The molecule has 0 saturated carbocycles. The van der Waals surface area contributed by atoms with E-state index in [2.05, 4.69) is 23.3 Å². The molecular weight excluding hydrogens is 440 g/mol. The number of fused-ring (bicyclic) bond motifs is 2. The van der Waals surface area contributed by atoms with Crippen molar-refractivity contribution in [1.82, 2.24) is 9.55 Å². The van der Waals surface area contributed by atoms with Crippen LogP contribution in [-0.2, 0) is 24.2 Å². The summed E-state index contributed by atoms with van der Waals surface area (Å²) in [6.45, 7) is 2.75. The maximum atomic E-state index is 13.1. The number of benzene rings is 1. The molecule has 0 aliphatic heterocycles. The van der Waals surface area contributed by atoms with E-state index in [0.717, 1.165) is 50.5 Å². The monoisotopic (exact) mass is 466 g/mol. The molecule has 1 aliphatic carbocycles. The fourth-order valence-electron chi connectivity index (χ4n) is 4.06. The number of unbranched alkanes of at least 4 members (excludes halogenated alkanes) is 3. The molecule has 1 N–H and O–H groups in total. The van der Waals surface area contributed by atoms with Crippen LogP contribution in [0.3, 0.4) is 0 Å². The maximum Gasteiger partial charge on any atom is 0.262 e. The van der Waals surface area contributed by atoms with Crippen molar-refractivity contribution in [2.45, 2.75) is 63.6 Å². The smallest absolute Gasteiger partial charge is 0.262 e. The zero-order valence-corrected chi connectivity index (χ0v) is 19.8. The Morgan fingerprint density at radius 3 is 2.94 bits per heavy atom. The molecule has 166 valence electrons. The lowest BCUT2D eigenvalue weighted by Gasteiger charge is -2.13. The molecule has 0 atom stereocenters. The van der Waals surface area contributed by atoms with Crippen molar-refractivity contribution in [2.75, 3.05) is 11.1 Å². The van der Waals surface area contributed by atoms with Crippen molar-refractivity contribution >= 4 is 44.9 Å². The molecule has 0 unspecified atom stereocenters. The van der Waals surface area contributed by atoms with Crippen LogP contribution in [0.2, 0.25) is 0 Å². The number of carbonyl (C=O) groups excluding carboxylic acids is 1. The highest BCUT2D eigenvalue weighted by Gasteiger charge is 2.23. The number of hydrogen-bond acceptors (Lipinski definition) is 6. The van der Waals surface area contributed by atoms with Gasteiger partial charge in [0.25, 0.3) is 5.56 Å². The second-order valence-corrected chi connectivity index (χ2v) is 9.99. The Morgan fingerprint density at radius 2 is 2.12 bits per heavy atom. The maximum absolute atomic E-state index is 13.1. The van der Waals surface area contributed by atoms with Crippen molar-refractivity contribution in [3.05, 3.63) is 50.6 Å². The third-order valence-electron chi connectivity index (χ3n) is 5.68. The Balaban J connectivity index is 1.51. The number of carbonyl (C=O) groups is 1. The molecule has 0 spiro atoms. The normalized spacial score (nSPS) is 12.6. The summed E-state index contributed by atoms with van der Waals surface area (Å²) >= 11 is 2.78. The molecule has 6 nitrogen and oxygen atoms in total. The van der Waals surface area contributed by atoms with E-state index >= 15 is 0 Å². The van der Waals surface area contributed by atoms with Gasteiger partial charge in [-0.2, -0.15) is 5.26 Å². The summed E-state index contributed by atoms with van der Waals surface area (Å²) in [5.74, 6) is -0.0564. The first-order valence-electron chi connectivity index (χ1n) is 11.1. The quantitative estimate of drug-likeness (QED) is 0.268. The molecule has 3 aromatic rings. The van der Waals surface area contributed by atoms with E-state index in [1.807, 2.05) is 18.2 Å². The van der Waals surface area contributed by atoms with E-state index in [9.17, 15) is 14.9 Å². The third kappa shape index (κ3) is 4.74. The van der Waals surface area contributed by atoms with Gasteiger partial charge in [-0.3, -0.25) is 14.2 Å². The summed E-state index contributed by atoms with van der Waals surface area (Å²) in [6, 6.07) is 9.59. The van der Waals surface area contributed by atoms with Crippen molar-refractivity contribution in [3.63, 3.8) is 0 Å². The van der Waals surface area contributed by atoms with Gasteiger partial charge in [-0.1, -0.05) is 50.1 Å². The number of rotatable bonds is 9. The van der Waals surface area contributed by atoms with Crippen LogP contribution in [0.25, 0.3) is 10.9 Å². The number of thioether (sulfide) groups is 1. The van der Waals surface area contributed by atoms with E-state index in [1.165, 1.54) is 28.0 Å². The SMILES string of the molecule is CCCCCCn1c(SCC(=O)Nc2sc3c(c2C#N)CCC3)nc2ccccc2c1=O. The minimum absolute atomic E-state index is 0.0588. The largest absolute Gasteiger partial charge is 0.316 e. The molecular formula is C24H26N4O2S2. The average Bonchev–Trinajstić information content (AvgIpc) is 3.37. The van der Waals surface area contributed by atoms with Gasteiger partial charge in [-0.05, 0) is 43.4 Å². The van der Waals surface area contributed by atoms with Crippen LogP contribution >= 0.6 is 23.1 Å². The highest BCUT2D eigenvalue weighted by molar-refractivity contribution is 7.99. The molecule has 2 aromatic heterocycles. The van der Waals surface area contributed by atoms with Crippen LogP contribution in [0.5, 0.6) is 0 Å². The van der Waals surface area contributed by atoms with Gasteiger partial charge in [-0.25, -0.2) is 4.98 Å². The lowest BCUT2D eigenvalue weighted by molar-refractivity contribution is -0.113. The molecule has 2 heterocycles. The minimum Gasteiger partial charge on any atom is -0.316 e. The third-order valence-corrected chi connectivity index (χ3v) is 7.86. The van der Waals surface area contributed by atoms with Gasteiger partial charge in [0.2, 0.25) is 5.91 Å². The Labute approximate surface area is 195 Å². The number of thiophene rings is 1. The van der Waals surface area contributed by atoms with E-state index in [0.29, 0.717) is 33.2 Å². The van der Waals surface area contributed by atoms with Gasteiger partial charge in [0.15, 0.2) is 5.16 Å². The standard InChI is InChI=1S/C24H26N4O2S2/c1-2-3-4-7-13-28-23(30)17-9-5-6-11-19(17)26-24(28)31-15-21(29)27-22-18(14-25)16-10-8-12-20(16)32-22/h5-6,9,11H,2-4,7-8,10,12-13,15H2,1H3,(H,27,29). The van der Waals surface area contributed by atoms with E-state index in [1.54, 1.807) is 10.6 Å². The first-order valence-corrected chi connectivity index (χ1v) is 12.9. The fourth-order valence-corrected chi connectivity index (χ4v) is 6.14. The van der Waals surface area contributed by atoms with Crippen molar-refractivity contribution in [1.29, 1.82) is 5.26 Å². The highest BCUT2D eigenvalue weighted by Crippen LogP contribution is 2.38. The van der Waals surface area contributed by atoms with Crippen molar-refractivity contribution in [3.8, 4) is 6.07 Å². The van der Waals surface area contributed by atoms with Gasteiger partial charge in [0, 0.05) is 11.4 Å². The summed E-state index contributed by atoms with van der Waals surface area (Å²) in [4.78, 5) is 31.7. The fraction of sp³-hybridized carbons (Fsp3) is 0.417. The topological polar surface area (TPSA) is 87.8 Å². The Kier molecular flexibility index (Phi) is 7.28. The molecule has 8 heteroatoms. The van der Waals surface area contributed by atoms with E-state index < -0.39 is 0 Å². The van der Waals surface area contributed by atoms with Gasteiger partial charge >= 0.3 is 0 Å². The Morgan fingerprint density at radius 1 is 1.28 bits per heavy atom. The van der Waals surface area contributed by atoms with Crippen molar-refractivity contribution < 1.29 is 4.79 Å². The summed E-state index contributed by atoms with van der Waals surface area (Å²) in [5, 5.41) is 14.3. The molecule has 1 aliphatic rings. The number of aryl methyl sites for hydroxylation is 1. The summed E-state index contributed by atoms with van der Waals surface area (Å²) in [5.41, 5.74) is 2.29. The molecule has 0 bridgehead atoms. The zero-order valence-electron chi connectivity index (χ0n) is 18.1. The first kappa shape index (κ1) is 22.6. The predicted octanol–water partition coefficient (Wildman–Crippen LogP) is 5.13. The highest BCUT2D eigenvalue weighted by atomic mass is 32.2. The molecule has 1 amide bonds.